The average molecular weight is 234 g/mol. The van der Waals surface area contributed by atoms with E-state index in [2.05, 4.69) is 10.9 Å². The molecule has 5 heteroatoms. The van der Waals surface area contributed by atoms with Crippen LogP contribution in [0.3, 0.4) is 0 Å². The molecule has 0 radical (unpaired) electrons. The predicted molar refractivity (Wildman–Crippen MR) is 61.2 cm³/mol. The van der Waals surface area contributed by atoms with Crippen LogP contribution in [0.15, 0.2) is 18.2 Å². The number of carbonyl (C=O) groups excluding carboxylic acids is 2. The van der Waals surface area contributed by atoms with Gasteiger partial charge in [-0.3, -0.25) is 20.4 Å². The lowest BCUT2D eigenvalue weighted by atomic mass is 10.1. The fourth-order valence-electron chi connectivity index (χ4n) is 1.47. The third-order valence-corrected chi connectivity index (χ3v) is 2.64. The Morgan fingerprint density at radius 3 is 2.65 bits per heavy atom. The summed E-state index contributed by atoms with van der Waals surface area (Å²) in [6, 6.07) is 4.72. The second-order valence-corrected chi connectivity index (χ2v) is 4.24. The van der Waals surface area contributed by atoms with Crippen molar-refractivity contribution in [1.29, 1.82) is 0 Å². The maximum atomic E-state index is 11.7. The Balaban J connectivity index is 1.98. The van der Waals surface area contributed by atoms with Gasteiger partial charge in [-0.05, 0) is 31.9 Å². The predicted octanol–water partition coefficient (Wildman–Crippen LogP) is 0.872. The van der Waals surface area contributed by atoms with E-state index in [0.717, 1.165) is 18.4 Å². The summed E-state index contributed by atoms with van der Waals surface area (Å²) in [5, 5.41) is 9.52. The summed E-state index contributed by atoms with van der Waals surface area (Å²) in [6.07, 6.45) is 1.74. The highest BCUT2D eigenvalue weighted by Crippen LogP contribution is 2.28. The highest BCUT2D eigenvalue weighted by molar-refractivity contribution is 5.98. The lowest BCUT2D eigenvalue weighted by molar-refractivity contribution is -0.123. The van der Waals surface area contributed by atoms with Gasteiger partial charge in [0.05, 0.1) is 5.56 Å². The molecular formula is C12H14N2O3. The van der Waals surface area contributed by atoms with Gasteiger partial charge in [0.25, 0.3) is 5.91 Å². The van der Waals surface area contributed by atoms with E-state index in [1.165, 1.54) is 6.07 Å². The minimum absolute atomic E-state index is 0.0291. The zero-order valence-corrected chi connectivity index (χ0v) is 9.49. The number of carbonyl (C=O) groups is 2. The van der Waals surface area contributed by atoms with E-state index in [0.29, 0.717) is 0 Å². The first-order valence-electron chi connectivity index (χ1n) is 5.48. The molecule has 3 N–H and O–H groups in total. The lowest BCUT2D eigenvalue weighted by Gasteiger charge is -2.08. The van der Waals surface area contributed by atoms with Crippen LogP contribution in [0, 0.1) is 12.8 Å². The van der Waals surface area contributed by atoms with Gasteiger partial charge in [0.15, 0.2) is 0 Å². The number of phenols is 1. The number of hydrazine groups is 1. The van der Waals surface area contributed by atoms with Gasteiger partial charge in [-0.15, -0.1) is 0 Å². The first-order chi connectivity index (χ1) is 8.08. The van der Waals surface area contributed by atoms with Crippen LogP contribution in [0.5, 0.6) is 5.75 Å². The quantitative estimate of drug-likeness (QED) is 0.664. The normalized spacial score (nSPS) is 14.2. The average Bonchev–Trinajstić information content (AvgIpc) is 3.12. The van der Waals surface area contributed by atoms with Gasteiger partial charge in [-0.25, -0.2) is 0 Å². The largest absolute Gasteiger partial charge is 0.507 e. The van der Waals surface area contributed by atoms with Crippen molar-refractivity contribution in [2.45, 2.75) is 19.8 Å². The Morgan fingerprint density at radius 2 is 2.00 bits per heavy atom. The molecule has 1 aliphatic carbocycles. The molecule has 2 rings (SSSR count). The number of hydrogen-bond acceptors (Lipinski definition) is 3. The number of aromatic hydroxyl groups is 1. The first-order valence-corrected chi connectivity index (χ1v) is 5.48. The molecule has 0 spiro atoms. The Bertz CT molecular complexity index is 467. The molecule has 1 saturated carbocycles. The van der Waals surface area contributed by atoms with E-state index in [9.17, 15) is 14.7 Å². The summed E-state index contributed by atoms with van der Waals surface area (Å²) in [5.41, 5.74) is 5.65. The molecule has 1 fully saturated rings. The fourth-order valence-corrected chi connectivity index (χ4v) is 1.47. The molecule has 0 atom stereocenters. The second kappa shape index (κ2) is 4.45. The van der Waals surface area contributed by atoms with Crippen LogP contribution in [-0.2, 0) is 4.79 Å². The van der Waals surface area contributed by atoms with Crippen LogP contribution in [0.25, 0.3) is 0 Å². The molecule has 0 unspecified atom stereocenters. The Morgan fingerprint density at radius 1 is 1.29 bits per heavy atom. The van der Waals surface area contributed by atoms with E-state index in [-0.39, 0.29) is 23.1 Å². The van der Waals surface area contributed by atoms with E-state index >= 15 is 0 Å². The molecule has 1 aliphatic rings. The summed E-state index contributed by atoms with van der Waals surface area (Å²) < 4.78 is 0. The van der Waals surface area contributed by atoms with Crippen LogP contribution >= 0.6 is 0 Å². The van der Waals surface area contributed by atoms with Crippen molar-refractivity contribution in [3.63, 3.8) is 0 Å². The van der Waals surface area contributed by atoms with Crippen LogP contribution in [0.4, 0.5) is 0 Å². The maximum Gasteiger partial charge on any atom is 0.273 e. The fraction of sp³-hybridized carbons (Fsp3) is 0.333. The number of benzene rings is 1. The Labute approximate surface area is 98.8 Å². The number of aryl methyl sites for hydroxylation is 1. The number of amides is 2. The van der Waals surface area contributed by atoms with Crippen molar-refractivity contribution in [2.24, 2.45) is 5.92 Å². The molecule has 2 amide bonds. The van der Waals surface area contributed by atoms with Gasteiger partial charge < -0.3 is 5.11 Å². The number of hydrogen-bond donors (Lipinski definition) is 3. The van der Waals surface area contributed by atoms with E-state index in [4.69, 9.17) is 0 Å². The van der Waals surface area contributed by atoms with Crippen molar-refractivity contribution in [1.82, 2.24) is 10.9 Å². The van der Waals surface area contributed by atoms with Crippen LogP contribution in [0.1, 0.15) is 28.8 Å². The maximum absolute atomic E-state index is 11.7. The first kappa shape index (κ1) is 11.4. The molecule has 90 valence electrons. The third-order valence-electron chi connectivity index (χ3n) is 2.64. The van der Waals surface area contributed by atoms with Gasteiger partial charge >= 0.3 is 0 Å². The molecule has 0 aliphatic heterocycles. The van der Waals surface area contributed by atoms with Gasteiger partial charge in [-0.1, -0.05) is 11.6 Å². The zero-order chi connectivity index (χ0) is 12.4. The minimum atomic E-state index is -0.514. The third kappa shape index (κ3) is 2.75. The zero-order valence-electron chi connectivity index (χ0n) is 9.49. The van der Waals surface area contributed by atoms with Crippen LogP contribution < -0.4 is 10.9 Å². The SMILES string of the molecule is Cc1ccc(O)c(C(=O)NNC(=O)C2CC2)c1. The summed E-state index contributed by atoms with van der Waals surface area (Å²) >= 11 is 0. The van der Waals surface area contributed by atoms with E-state index in [1.807, 2.05) is 6.92 Å². The molecule has 0 heterocycles. The molecule has 17 heavy (non-hydrogen) atoms. The highest BCUT2D eigenvalue weighted by Gasteiger charge is 2.29. The standard InChI is InChI=1S/C12H14N2O3/c1-7-2-5-10(15)9(6-7)12(17)14-13-11(16)8-3-4-8/h2,5-6,8,15H,3-4H2,1H3,(H,13,16)(H,14,17). The second-order valence-electron chi connectivity index (χ2n) is 4.24. The van der Waals surface area contributed by atoms with Gasteiger partial charge in [0, 0.05) is 5.92 Å². The molecule has 5 nitrogen and oxygen atoms in total. The molecular weight excluding hydrogens is 220 g/mol. The number of nitrogens with one attached hydrogen (secondary N) is 2. The minimum Gasteiger partial charge on any atom is -0.507 e. The summed E-state index contributed by atoms with van der Waals surface area (Å²) in [5.74, 6) is -0.763. The number of phenolic OH excluding ortho intramolecular Hbond substituents is 1. The van der Waals surface area contributed by atoms with Gasteiger partial charge in [0.1, 0.15) is 5.75 Å². The molecule has 0 bridgehead atoms. The van der Waals surface area contributed by atoms with Crippen molar-refractivity contribution in [3.05, 3.63) is 29.3 Å². The van der Waals surface area contributed by atoms with Crippen LogP contribution in [0.2, 0.25) is 0 Å². The molecule has 1 aromatic carbocycles. The molecule has 0 aromatic heterocycles. The smallest absolute Gasteiger partial charge is 0.273 e. The Kier molecular flexibility index (Phi) is 2.99. The molecule has 1 aromatic rings. The molecule has 0 saturated heterocycles. The van der Waals surface area contributed by atoms with Crippen molar-refractivity contribution < 1.29 is 14.7 Å². The summed E-state index contributed by atoms with van der Waals surface area (Å²) in [6.45, 7) is 1.82. The monoisotopic (exact) mass is 234 g/mol. The van der Waals surface area contributed by atoms with Crippen LogP contribution in [-0.4, -0.2) is 16.9 Å². The van der Waals surface area contributed by atoms with Gasteiger partial charge in [0.2, 0.25) is 5.91 Å². The Hall–Kier alpha value is -2.04. The highest BCUT2D eigenvalue weighted by atomic mass is 16.3. The van der Waals surface area contributed by atoms with Crippen molar-refractivity contribution in [2.75, 3.05) is 0 Å². The lowest BCUT2D eigenvalue weighted by Crippen LogP contribution is -2.42. The summed E-state index contributed by atoms with van der Waals surface area (Å²) in [4.78, 5) is 23.0. The van der Waals surface area contributed by atoms with E-state index < -0.39 is 5.91 Å². The number of rotatable bonds is 2. The van der Waals surface area contributed by atoms with Gasteiger partial charge in [-0.2, -0.15) is 0 Å². The van der Waals surface area contributed by atoms with E-state index in [1.54, 1.807) is 12.1 Å². The topological polar surface area (TPSA) is 78.4 Å². The summed E-state index contributed by atoms with van der Waals surface area (Å²) in [7, 11) is 0. The van der Waals surface area contributed by atoms with Crippen molar-refractivity contribution in [3.8, 4) is 5.75 Å². The van der Waals surface area contributed by atoms with Crippen molar-refractivity contribution >= 4 is 11.8 Å².